The average molecular weight is 477 g/mol. The van der Waals surface area contributed by atoms with Crippen molar-refractivity contribution in [3.05, 3.63) is 58.9 Å². The summed E-state index contributed by atoms with van der Waals surface area (Å²) in [5.41, 5.74) is 0.798. The number of thioether (sulfide) groups is 1. The van der Waals surface area contributed by atoms with E-state index in [2.05, 4.69) is 15.5 Å². The highest BCUT2D eigenvalue weighted by atomic mass is 32.2. The predicted octanol–water partition coefficient (Wildman–Crippen LogP) is 3.31. The van der Waals surface area contributed by atoms with Gasteiger partial charge < -0.3 is 5.32 Å². The Labute approximate surface area is 199 Å². The van der Waals surface area contributed by atoms with E-state index in [1.807, 2.05) is 47.7 Å². The van der Waals surface area contributed by atoms with Crippen LogP contribution in [0.3, 0.4) is 0 Å². The monoisotopic (exact) mass is 476 g/mol. The Morgan fingerprint density at radius 2 is 1.79 bits per heavy atom. The van der Waals surface area contributed by atoms with Crippen molar-refractivity contribution in [1.82, 2.24) is 19.2 Å². The van der Waals surface area contributed by atoms with E-state index in [-0.39, 0.29) is 23.1 Å². The van der Waals surface area contributed by atoms with Crippen LogP contribution in [-0.2, 0) is 16.1 Å². The summed E-state index contributed by atoms with van der Waals surface area (Å²) in [6, 6.07) is 14.6. The van der Waals surface area contributed by atoms with Gasteiger partial charge in [0.25, 0.3) is 5.56 Å². The summed E-state index contributed by atoms with van der Waals surface area (Å²) < 4.78 is 3.45. The quantitative estimate of drug-likeness (QED) is 0.444. The Bertz CT molecular complexity index is 1510. The van der Waals surface area contributed by atoms with Gasteiger partial charge in [-0.3, -0.25) is 28.3 Å². The number of hydrogen-bond donors (Lipinski definition) is 1. The second-order valence-corrected chi connectivity index (χ2v) is 9.58. The van der Waals surface area contributed by atoms with Gasteiger partial charge in [-0.05, 0) is 44.5 Å². The summed E-state index contributed by atoms with van der Waals surface area (Å²) in [6.45, 7) is 5.97. The van der Waals surface area contributed by atoms with Gasteiger partial charge in [0.15, 0.2) is 5.16 Å². The molecule has 0 radical (unpaired) electrons. The molecule has 0 fully saturated rings. The SMILES string of the molecule is CCCn1c(=O)c2ccccc2n2c(SCC(=O)N3c4ccccc4NC(=O)C3(C)C)nnc12. The lowest BCUT2D eigenvalue weighted by atomic mass is 9.96. The molecule has 0 saturated heterocycles. The Hall–Kier alpha value is -3.66. The number of nitrogens with one attached hydrogen (secondary N) is 1. The first-order valence-electron chi connectivity index (χ1n) is 11.1. The second-order valence-electron chi connectivity index (χ2n) is 8.64. The lowest BCUT2D eigenvalue weighted by Gasteiger charge is -2.42. The summed E-state index contributed by atoms with van der Waals surface area (Å²) in [5, 5.41) is 12.5. The Morgan fingerprint density at radius 1 is 1.06 bits per heavy atom. The molecule has 1 aliphatic rings. The number of amides is 2. The van der Waals surface area contributed by atoms with Crippen molar-refractivity contribution in [1.29, 1.82) is 0 Å². The number of rotatable bonds is 5. The van der Waals surface area contributed by atoms with Crippen LogP contribution in [-0.4, -0.2) is 42.3 Å². The number of aryl methyl sites for hydroxylation is 1. The van der Waals surface area contributed by atoms with Crippen LogP contribution in [0.1, 0.15) is 27.2 Å². The van der Waals surface area contributed by atoms with Crippen molar-refractivity contribution in [2.75, 3.05) is 16.0 Å². The van der Waals surface area contributed by atoms with E-state index >= 15 is 0 Å². The Kier molecular flexibility index (Phi) is 5.40. The topological polar surface area (TPSA) is 102 Å². The van der Waals surface area contributed by atoms with E-state index < -0.39 is 5.54 Å². The first kappa shape index (κ1) is 22.1. The number of fused-ring (bicyclic) bond motifs is 4. The molecular weight excluding hydrogens is 452 g/mol. The van der Waals surface area contributed by atoms with E-state index in [1.165, 1.54) is 11.8 Å². The van der Waals surface area contributed by atoms with Gasteiger partial charge in [-0.15, -0.1) is 10.2 Å². The number of nitrogens with zero attached hydrogens (tertiary/aromatic N) is 5. The largest absolute Gasteiger partial charge is 0.322 e. The molecule has 0 unspecified atom stereocenters. The minimum Gasteiger partial charge on any atom is -0.322 e. The van der Waals surface area contributed by atoms with Gasteiger partial charge in [-0.1, -0.05) is 43.0 Å². The molecule has 4 aromatic rings. The van der Waals surface area contributed by atoms with Gasteiger partial charge in [0.1, 0.15) is 5.54 Å². The van der Waals surface area contributed by atoms with Crippen LogP contribution >= 0.6 is 11.8 Å². The molecule has 174 valence electrons. The normalized spacial score (nSPS) is 14.9. The van der Waals surface area contributed by atoms with Crippen molar-refractivity contribution < 1.29 is 9.59 Å². The predicted molar refractivity (Wildman–Crippen MR) is 132 cm³/mol. The van der Waals surface area contributed by atoms with E-state index in [0.29, 0.717) is 39.8 Å². The smallest absolute Gasteiger partial charge is 0.262 e. The minimum absolute atomic E-state index is 0.0487. The number of aromatic nitrogens is 4. The van der Waals surface area contributed by atoms with Crippen molar-refractivity contribution in [3.8, 4) is 0 Å². The molecule has 0 atom stereocenters. The third kappa shape index (κ3) is 3.37. The van der Waals surface area contributed by atoms with Gasteiger partial charge in [0.2, 0.25) is 17.6 Å². The molecule has 9 nitrogen and oxygen atoms in total. The summed E-state index contributed by atoms with van der Waals surface area (Å²) in [4.78, 5) is 40.7. The maximum atomic E-state index is 13.5. The third-order valence-corrected chi connectivity index (χ3v) is 6.92. The van der Waals surface area contributed by atoms with Crippen molar-refractivity contribution >= 4 is 51.6 Å². The zero-order chi connectivity index (χ0) is 24.0. The third-order valence-electron chi connectivity index (χ3n) is 6.01. The number of carbonyl (C=O) groups excluding carboxylic acids is 2. The molecule has 2 aromatic carbocycles. The molecule has 3 heterocycles. The first-order valence-corrected chi connectivity index (χ1v) is 12.1. The van der Waals surface area contributed by atoms with Crippen molar-refractivity contribution in [2.45, 2.75) is 44.4 Å². The van der Waals surface area contributed by atoms with Crippen LogP contribution in [0.15, 0.2) is 58.5 Å². The number of hydrogen-bond acceptors (Lipinski definition) is 6. The van der Waals surface area contributed by atoms with Crippen LogP contribution in [0.25, 0.3) is 16.7 Å². The highest BCUT2D eigenvalue weighted by Gasteiger charge is 2.43. The number of carbonyl (C=O) groups is 2. The van der Waals surface area contributed by atoms with E-state index in [4.69, 9.17) is 0 Å². The number of anilines is 2. The van der Waals surface area contributed by atoms with Crippen LogP contribution in [0.5, 0.6) is 0 Å². The Morgan fingerprint density at radius 3 is 2.59 bits per heavy atom. The minimum atomic E-state index is -1.05. The molecular formula is C24H24N6O3S. The zero-order valence-corrected chi connectivity index (χ0v) is 19.9. The van der Waals surface area contributed by atoms with Crippen LogP contribution < -0.4 is 15.8 Å². The van der Waals surface area contributed by atoms with Gasteiger partial charge in [0.05, 0.1) is 28.0 Å². The first-order chi connectivity index (χ1) is 16.3. The maximum Gasteiger partial charge on any atom is 0.262 e. The van der Waals surface area contributed by atoms with E-state index in [0.717, 1.165) is 6.42 Å². The highest BCUT2D eigenvalue weighted by Crippen LogP contribution is 2.37. The van der Waals surface area contributed by atoms with Gasteiger partial charge in [0, 0.05) is 6.54 Å². The zero-order valence-electron chi connectivity index (χ0n) is 19.1. The molecule has 0 bridgehead atoms. The molecule has 5 rings (SSSR count). The molecule has 0 spiro atoms. The standard InChI is InChI=1S/C24H24N6O3S/c1-4-13-28-20(32)15-9-5-7-11-17(15)29-22(28)26-27-23(29)34-14-19(31)30-18-12-8-6-10-16(18)25-21(33)24(30,2)3/h5-12H,4,13-14H2,1-3H3,(H,25,33). The number of para-hydroxylation sites is 3. The van der Waals surface area contributed by atoms with Crippen LogP contribution in [0.4, 0.5) is 11.4 Å². The fraction of sp³-hybridized carbons (Fsp3) is 0.292. The Balaban J connectivity index is 1.54. The lowest BCUT2D eigenvalue weighted by Crippen LogP contribution is -2.58. The van der Waals surface area contributed by atoms with Crippen LogP contribution in [0.2, 0.25) is 0 Å². The lowest BCUT2D eigenvalue weighted by molar-refractivity contribution is -0.125. The summed E-state index contributed by atoms with van der Waals surface area (Å²) >= 11 is 1.23. The van der Waals surface area contributed by atoms with E-state index in [9.17, 15) is 14.4 Å². The summed E-state index contributed by atoms with van der Waals surface area (Å²) in [7, 11) is 0. The molecule has 0 saturated carbocycles. The highest BCUT2D eigenvalue weighted by molar-refractivity contribution is 7.99. The molecule has 34 heavy (non-hydrogen) atoms. The second kappa shape index (κ2) is 8.28. The summed E-state index contributed by atoms with van der Waals surface area (Å²) in [6.07, 6.45) is 0.771. The molecule has 10 heteroatoms. The van der Waals surface area contributed by atoms with E-state index in [1.54, 1.807) is 35.4 Å². The van der Waals surface area contributed by atoms with Gasteiger partial charge in [-0.2, -0.15) is 0 Å². The van der Waals surface area contributed by atoms with Crippen molar-refractivity contribution in [2.24, 2.45) is 0 Å². The molecule has 0 aliphatic carbocycles. The fourth-order valence-corrected chi connectivity index (χ4v) is 5.13. The number of benzene rings is 2. The van der Waals surface area contributed by atoms with Gasteiger partial charge >= 0.3 is 0 Å². The molecule has 2 amide bonds. The van der Waals surface area contributed by atoms with Crippen LogP contribution in [0, 0.1) is 0 Å². The van der Waals surface area contributed by atoms with Gasteiger partial charge in [-0.25, -0.2) is 0 Å². The summed E-state index contributed by atoms with van der Waals surface area (Å²) in [5.74, 6) is 0.0309. The molecule has 2 aromatic heterocycles. The molecule has 1 N–H and O–H groups in total. The van der Waals surface area contributed by atoms with Crippen molar-refractivity contribution in [3.63, 3.8) is 0 Å². The average Bonchev–Trinajstić information content (AvgIpc) is 3.25. The fourth-order valence-electron chi connectivity index (χ4n) is 4.34. The maximum absolute atomic E-state index is 13.5. The molecule has 1 aliphatic heterocycles.